The normalized spacial score (nSPS) is 45.5. The van der Waals surface area contributed by atoms with Crippen LogP contribution in [0.4, 0.5) is 0 Å². The fraction of sp³-hybridized carbons (Fsp3) is 0.762. The molecule has 164 valence electrons. The number of carbonyl (C=O) groups is 1. The van der Waals surface area contributed by atoms with Gasteiger partial charge in [-0.2, -0.15) is 0 Å². The molecular weight excluding hydrogens is 380 g/mol. The number of aliphatic hydroxyl groups is 4. The van der Waals surface area contributed by atoms with Crippen molar-refractivity contribution in [2.75, 3.05) is 6.61 Å². The first-order valence-electron chi connectivity index (χ1n) is 10.1. The Bertz CT molecular complexity index is 676. The number of hydrogen-bond acceptors (Lipinski definition) is 7. The summed E-state index contributed by atoms with van der Waals surface area (Å²) in [6.45, 7) is 9.47. The lowest BCUT2D eigenvalue weighted by molar-refractivity contribution is -0.341. The third-order valence-electron chi connectivity index (χ3n) is 7.26. The number of fused-ring (bicyclic) bond motifs is 1. The second-order valence-corrected chi connectivity index (χ2v) is 8.93. The summed E-state index contributed by atoms with van der Waals surface area (Å²) in [6.07, 6.45) is -2.75. The van der Waals surface area contributed by atoms with Crippen molar-refractivity contribution in [3.63, 3.8) is 0 Å². The van der Waals surface area contributed by atoms with Gasteiger partial charge in [0.15, 0.2) is 6.29 Å². The van der Waals surface area contributed by atoms with Gasteiger partial charge < -0.3 is 35.0 Å². The molecule has 0 aromatic heterocycles. The maximum absolute atomic E-state index is 11.5. The van der Waals surface area contributed by atoms with Crippen LogP contribution in [-0.2, 0) is 14.3 Å². The van der Waals surface area contributed by atoms with E-state index in [1.807, 2.05) is 0 Å². The molecule has 1 aliphatic heterocycles. The van der Waals surface area contributed by atoms with Crippen LogP contribution in [0.1, 0.15) is 45.4 Å². The largest absolute Gasteiger partial charge is 0.478 e. The zero-order valence-electron chi connectivity index (χ0n) is 16.8. The third-order valence-corrected chi connectivity index (χ3v) is 7.26. The van der Waals surface area contributed by atoms with Gasteiger partial charge in [-0.3, -0.25) is 0 Å². The Hall–Kier alpha value is -1.29. The Labute approximate surface area is 170 Å². The van der Waals surface area contributed by atoms with Gasteiger partial charge in [-0.25, -0.2) is 4.79 Å². The first kappa shape index (κ1) is 22.4. The average Bonchev–Trinajstić information content (AvgIpc) is 2.68. The van der Waals surface area contributed by atoms with E-state index in [-0.39, 0.29) is 16.9 Å². The molecule has 8 nitrogen and oxygen atoms in total. The zero-order chi connectivity index (χ0) is 21.6. The van der Waals surface area contributed by atoms with Crippen LogP contribution in [0, 0.1) is 11.3 Å². The number of ether oxygens (including phenoxy) is 2. The Balaban J connectivity index is 1.95. The fourth-order valence-corrected chi connectivity index (χ4v) is 5.29. The van der Waals surface area contributed by atoms with Crippen LogP contribution in [0.3, 0.4) is 0 Å². The number of carboxylic acids is 1. The highest BCUT2D eigenvalue weighted by Gasteiger charge is 2.59. The van der Waals surface area contributed by atoms with Crippen molar-refractivity contribution in [2.45, 2.75) is 81.8 Å². The predicted octanol–water partition coefficient (Wildman–Crippen LogP) is 0.729. The van der Waals surface area contributed by atoms with Crippen molar-refractivity contribution >= 4 is 5.97 Å². The highest BCUT2D eigenvalue weighted by atomic mass is 16.7. The van der Waals surface area contributed by atoms with E-state index >= 15 is 0 Å². The summed E-state index contributed by atoms with van der Waals surface area (Å²) >= 11 is 0. The van der Waals surface area contributed by atoms with Crippen molar-refractivity contribution in [1.29, 1.82) is 0 Å². The Morgan fingerprint density at radius 1 is 1.24 bits per heavy atom. The first-order chi connectivity index (χ1) is 13.6. The second kappa shape index (κ2) is 8.09. The van der Waals surface area contributed by atoms with Gasteiger partial charge in [0, 0.05) is 11.0 Å². The molecule has 1 saturated heterocycles. The molecule has 0 spiro atoms. The smallest absolute Gasteiger partial charge is 0.331 e. The molecule has 0 unspecified atom stereocenters. The minimum atomic E-state index is -1.54. The molecule has 0 aromatic rings. The zero-order valence-corrected chi connectivity index (χ0v) is 16.8. The number of aliphatic hydroxyl groups excluding tert-OH is 4. The standard InChI is InChI=1S/C21H32O8/c1-11-5-4-7-20(3)8-6-13(12(2)18(26)27)9-21(11,20)29-19-17(25)16(24)15(23)14(10-22)28-19/h13-17,19,22-25H,1-2,4-10H2,3H3,(H,26,27)/t13-,14-,15-,16+,17-,19+,20-,21+/m1/s1. The lowest BCUT2D eigenvalue weighted by atomic mass is 9.53. The molecule has 0 amide bonds. The Morgan fingerprint density at radius 2 is 1.93 bits per heavy atom. The van der Waals surface area contributed by atoms with Gasteiger partial charge in [-0.1, -0.05) is 20.1 Å². The molecule has 2 saturated carbocycles. The van der Waals surface area contributed by atoms with Gasteiger partial charge in [0.2, 0.25) is 0 Å². The molecule has 0 bridgehead atoms. The van der Waals surface area contributed by atoms with Crippen molar-refractivity contribution < 1.29 is 39.8 Å². The van der Waals surface area contributed by atoms with E-state index in [1.54, 1.807) is 0 Å². The number of aliphatic carboxylic acids is 1. The predicted molar refractivity (Wildman–Crippen MR) is 103 cm³/mol. The number of hydrogen-bond donors (Lipinski definition) is 5. The van der Waals surface area contributed by atoms with E-state index in [9.17, 15) is 30.3 Å². The highest BCUT2D eigenvalue weighted by Crippen LogP contribution is 2.59. The fourth-order valence-electron chi connectivity index (χ4n) is 5.29. The lowest BCUT2D eigenvalue weighted by Crippen LogP contribution is -2.64. The molecule has 3 rings (SSSR count). The molecule has 1 heterocycles. The van der Waals surface area contributed by atoms with Gasteiger partial charge >= 0.3 is 5.97 Å². The van der Waals surface area contributed by atoms with Crippen LogP contribution in [0.5, 0.6) is 0 Å². The van der Waals surface area contributed by atoms with Crippen molar-refractivity contribution in [1.82, 2.24) is 0 Å². The van der Waals surface area contributed by atoms with Crippen LogP contribution >= 0.6 is 0 Å². The van der Waals surface area contributed by atoms with Crippen molar-refractivity contribution in [2.24, 2.45) is 11.3 Å². The molecule has 3 fully saturated rings. The summed E-state index contributed by atoms with van der Waals surface area (Å²) in [5.74, 6) is -1.37. The van der Waals surface area contributed by atoms with Gasteiger partial charge in [0.1, 0.15) is 24.4 Å². The molecule has 3 aliphatic rings. The third kappa shape index (κ3) is 3.66. The molecule has 0 radical (unpaired) electrons. The van der Waals surface area contributed by atoms with E-state index in [4.69, 9.17) is 9.47 Å². The first-order valence-corrected chi connectivity index (χ1v) is 10.1. The van der Waals surface area contributed by atoms with Gasteiger partial charge in [0.25, 0.3) is 0 Å². The Kier molecular flexibility index (Phi) is 6.25. The van der Waals surface area contributed by atoms with Crippen LogP contribution in [0.15, 0.2) is 24.3 Å². The van der Waals surface area contributed by atoms with Crippen LogP contribution in [-0.4, -0.2) is 74.4 Å². The van der Waals surface area contributed by atoms with E-state index in [0.29, 0.717) is 25.7 Å². The van der Waals surface area contributed by atoms with Crippen LogP contribution in [0.2, 0.25) is 0 Å². The summed E-state index contributed by atoms with van der Waals surface area (Å²) in [4.78, 5) is 11.5. The van der Waals surface area contributed by atoms with E-state index in [2.05, 4.69) is 20.1 Å². The summed E-state index contributed by atoms with van der Waals surface area (Å²) < 4.78 is 12.0. The van der Waals surface area contributed by atoms with Gasteiger partial charge in [-0.15, -0.1) is 0 Å². The van der Waals surface area contributed by atoms with Gasteiger partial charge in [0.05, 0.1) is 12.2 Å². The number of carboxylic acid groups (broad SMARTS) is 1. The van der Waals surface area contributed by atoms with Crippen LogP contribution < -0.4 is 0 Å². The molecule has 29 heavy (non-hydrogen) atoms. The van der Waals surface area contributed by atoms with Crippen molar-refractivity contribution in [3.8, 4) is 0 Å². The summed E-state index contributed by atoms with van der Waals surface area (Å²) in [7, 11) is 0. The summed E-state index contributed by atoms with van der Waals surface area (Å²) in [5.41, 5.74) is -0.412. The minimum absolute atomic E-state index is 0.113. The molecule has 8 atom stereocenters. The topological polar surface area (TPSA) is 137 Å². The molecule has 5 N–H and O–H groups in total. The molecule has 0 aromatic carbocycles. The van der Waals surface area contributed by atoms with Crippen LogP contribution in [0.25, 0.3) is 0 Å². The molecular formula is C21H32O8. The molecule has 8 heteroatoms. The summed E-state index contributed by atoms with van der Waals surface area (Å²) in [6, 6.07) is 0. The minimum Gasteiger partial charge on any atom is -0.478 e. The monoisotopic (exact) mass is 412 g/mol. The van der Waals surface area contributed by atoms with Gasteiger partial charge in [-0.05, 0) is 50.0 Å². The second-order valence-electron chi connectivity index (χ2n) is 8.93. The lowest BCUT2D eigenvalue weighted by Gasteiger charge is -2.59. The number of rotatable bonds is 5. The van der Waals surface area contributed by atoms with Crippen molar-refractivity contribution in [3.05, 3.63) is 24.3 Å². The SMILES string of the molecule is C=C(C(=O)O)[C@@H]1CC[C@@]2(C)CCCC(=C)[C@@]2(O[C@@H]2O[C@H](CO)[C@@H](O)[C@H](O)[C@H]2O)C1. The van der Waals surface area contributed by atoms with E-state index < -0.39 is 48.9 Å². The molecule has 2 aliphatic carbocycles. The average molecular weight is 412 g/mol. The maximum atomic E-state index is 11.5. The maximum Gasteiger partial charge on any atom is 0.331 e. The Morgan fingerprint density at radius 3 is 2.55 bits per heavy atom. The quantitative estimate of drug-likeness (QED) is 0.329. The summed E-state index contributed by atoms with van der Waals surface area (Å²) in [5, 5.41) is 49.6. The van der Waals surface area contributed by atoms with E-state index in [0.717, 1.165) is 18.4 Å². The van der Waals surface area contributed by atoms with E-state index in [1.165, 1.54) is 0 Å². The highest BCUT2D eigenvalue weighted by molar-refractivity contribution is 5.86.